The number of pyridine rings is 1. The highest BCUT2D eigenvalue weighted by molar-refractivity contribution is 5.96. The Labute approximate surface area is 134 Å². The van der Waals surface area contributed by atoms with Crippen molar-refractivity contribution in [3.8, 4) is 11.5 Å². The molecule has 0 saturated carbocycles. The molecule has 2 aromatic rings. The van der Waals surface area contributed by atoms with E-state index in [1.165, 1.54) is 6.07 Å². The monoisotopic (exact) mass is 314 g/mol. The normalized spacial score (nSPS) is 17.5. The molecule has 0 bridgehead atoms. The first-order valence-electron chi connectivity index (χ1n) is 7.47. The second kappa shape index (κ2) is 6.66. The van der Waals surface area contributed by atoms with Gasteiger partial charge in [-0.15, -0.1) is 0 Å². The molecule has 1 fully saturated rings. The first-order valence-corrected chi connectivity index (χ1v) is 7.47. The van der Waals surface area contributed by atoms with E-state index in [1.54, 1.807) is 35.5 Å². The molecule has 0 radical (unpaired) electrons. The number of aromatic nitrogens is 1. The van der Waals surface area contributed by atoms with Crippen LogP contribution in [-0.2, 0) is 11.4 Å². The average Bonchev–Trinajstić information content (AvgIpc) is 2.94. The second-order valence-electron chi connectivity index (χ2n) is 5.39. The Morgan fingerprint density at radius 1 is 1.30 bits per heavy atom. The highest BCUT2D eigenvalue weighted by atomic mass is 16.5. The number of rotatable bonds is 5. The molecule has 0 unspecified atom stereocenters. The van der Waals surface area contributed by atoms with E-state index in [-0.39, 0.29) is 30.9 Å². The minimum atomic E-state index is -0.308. The van der Waals surface area contributed by atoms with Gasteiger partial charge in [0, 0.05) is 12.6 Å². The topological polar surface area (TPSA) is 82.9 Å². The number of hydrogen-bond acceptors (Lipinski definition) is 5. The number of aliphatic hydroxyl groups excluding tert-OH is 1. The van der Waals surface area contributed by atoms with Crippen molar-refractivity contribution >= 4 is 11.6 Å². The Hall–Kier alpha value is -2.60. The van der Waals surface area contributed by atoms with Crippen LogP contribution < -0.4 is 9.64 Å². The number of nitrogens with zero attached hydrogens (tertiary/aromatic N) is 2. The van der Waals surface area contributed by atoms with Crippen LogP contribution in [0.2, 0.25) is 0 Å². The van der Waals surface area contributed by atoms with Crippen molar-refractivity contribution in [1.29, 1.82) is 0 Å². The van der Waals surface area contributed by atoms with E-state index in [0.717, 1.165) is 5.69 Å². The van der Waals surface area contributed by atoms with Gasteiger partial charge in [-0.3, -0.25) is 9.78 Å². The smallest absolute Gasteiger partial charge is 0.227 e. The summed E-state index contributed by atoms with van der Waals surface area (Å²) in [6.07, 6.45) is 4.48. The van der Waals surface area contributed by atoms with Gasteiger partial charge in [0.1, 0.15) is 18.1 Å². The van der Waals surface area contributed by atoms with E-state index in [2.05, 4.69) is 4.98 Å². The van der Waals surface area contributed by atoms with Crippen LogP contribution in [-0.4, -0.2) is 33.8 Å². The molecule has 6 nitrogen and oxygen atoms in total. The molecule has 6 heteroatoms. The SMILES string of the molecule is O=C1CC[C@@H](COc2cccc(O)c2CO)N1c1cccnc1. The van der Waals surface area contributed by atoms with Crippen LogP contribution in [0.1, 0.15) is 18.4 Å². The summed E-state index contributed by atoms with van der Waals surface area (Å²) in [4.78, 5) is 17.9. The van der Waals surface area contributed by atoms with E-state index < -0.39 is 0 Å². The van der Waals surface area contributed by atoms with Gasteiger partial charge < -0.3 is 19.8 Å². The third-order valence-electron chi connectivity index (χ3n) is 3.95. The molecule has 1 amide bonds. The number of carbonyl (C=O) groups is 1. The lowest BCUT2D eigenvalue weighted by Crippen LogP contribution is -2.37. The predicted molar refractivity (Wildman–Crippen MR) is 84.3 cm³/mol. The van der Waals surface area contributed by atoms with Crippen LogP contribution in [0, 0.1) is 0 Å². The molecule has 1 atom stereocenters. The Balaban J connectivity index is 1.75. The maximum Gasteiger partial charge on any atom is 0.227 e. The lowest BCUT2D eigenvalue weighted by atomic mass is 10.2. The highest BCUT2D eigenvalue weighted by Crippen LogP contribution is 2.30. The summed E-state index contributed by atoms with van der Waals surface area (Å²) in [5.74, 6) is 0.472. The number of ether oxygens (including phenoxy) is 1. The summed E-state index contributed by atoms with van der Waals surface area (Å²) in [5.41, 5.74) is 1.10. The van der Waals surface area contributed by atoms with Crippen molar-refractivity contribution in [2.24, 2.45) is 0 Å². The zero-order valence-electron chi connectivity index (χ0n) is 12.6. The van der Waals surface area contributed by atoms with Crippen LogP contribution in [0.25, 0.3) is 0 Å². The minimum Gasteiger partial charge on any atom is -0.507 e. The first kappa shape index (κ1) is 15.3. The quantitative estimate of drug-likeness (QED) is 0.880. The molecule has 1 aliphatic heterocycles. The molecule has 1 aromatic carbocycles. The van der Waals surface area contributed by atoms with Crippen LogP contribution in [0.3, 0.4) is 0 Å². The number of phenols is 1. The molecule has 3 rings (SSSR count). The molecular weight excluding hydrogens is 296 g/mol. The van der Waals surface area contributed by atoms with Crippen LogP contribution in [0.5, 0.6) is 11.5 Å². The van der Waals surface area contributed by atoms with E-state index in [4.69, 9.17) is 4.74 Å². The van der Waals surface area contributed by atoms with Crippen molar-refractivity contribution in [1.82, 2.24) is 4.98 Å². The predicted octanol–water partition coefficient (Wildman–Crippen LogP) is 1.85. The van der Waals surface area contributed by atoms with Gasteiger partial charge in [-0.1, -0.05) is 6.07 Å². The molecule has 2 heterocycles. The summed E-state index contributed by atoms with van der Waals surface area (Å²) in [5, 5.41) is 19.1. The van der Waals surface area contributed by atoms with Gasteiger partial charge in [0.15, 0.2) is 0 Å². The van der Waals surface area contributed by atoms with Gasteiger partial charge in [0.2, 0.25) is 5.91 Å². The van der Waals surface area contributed by atoms with E-state index in [1.807, 2.05) is 6.07 Å². The molecular formula is C17H18N2O4. The molecule has 1 aliphatic rings. The van der Waals surface area contributed by atoms with Crippen molar-refractivity contribution in [3.63, 3.8) is 0 Å². The number of aliphatic hydroxyl groups is 1. The lowest BCUT2D eigenvalue weighted by molar-refractivity contribution is -0.117. The maximum absolute atomic E-state index is 12.1. The fourth-order valence-corrected chi connectivity index (χ4v) is 2.79. The highest BCUT2D eigenvalue weighted by Gasteiger charge is 2.32. The van der Waals surface area contributed by atoms with E-state index in [0.29, 0.717) is 24.2 Å². The summed E-state index contributed by atoms with van der Waals surface area (Å²) in [6, 6.07) is 8.38. The van der Waals surface area contributed by atoms with Gasteiger partial charge >= 0.3 is 0 Å². The van der Waals surface area contributed by atoms with E-state index in [9.17, 15) is 15.0 Å². The summed E-state index contributed by atoms with van der Waals surface area (Å²) >= 11 is 0. The zero-order valence-corrected chi connectivity index (χ0v) is 12.6. The summed E-state index contributed by atoms with van der Waals surface area (Å²) < 4.78 is 5.76. The van der Waals surface area contributed by atoms with E-state index >= 15 is 0 Å². The Bertz CT molecular complexity index is 690. The van der Waals surface area contributed by atoms with Gasteiger partial charge in [0.05, 0.1) is 30.1 Å². The minimum absolute atomic E-state index is 0.00314. The number of carbonyl (C=O) groups excluding carboxylic acids is 1. The van der Waals surface area contributed by atoms with Crippen molar-refractivity contribution in [2.45, 2.75) is 25.5 Å². The molecule has 1 aromatic heterocycles. The molecule has 0 aliphatic carbocycles. The van der Waals surface area contributed by atoms with Crippen LogP contribution in [0.4, 0.5) is 5.69 Å². The third-order valence-corrected chi connectivity index (χ3v) is 3.95. The Morgan fingerprint density at radius 3 is 2.91 bits per heavy atom. The number of amides is 1. The standard InChI is InChI=1S/C17H18N2O4/c20-10-14-15(21)4-1-5-16(14)23-11-13-6-7-17(22)19(13)12-3-2-8-18-9-12/h1-5,8-9,13,20-21H,6-7,10-11H2/t13-/m0/s1. The number of aromatic hydroxyl groups is 1. The summed E-state index contributed by atoms with van der Waals surface area (Å²) in [7, 11) is 0. The number of anilines is 1. The Morgan fingerprint density at radius 2 is 2.17 bits per heavy atom. The van der Waals surface area contributed by atoms with Crippen molar-refractivity contribution in [2.75, 3.05) is 11.5 Å². The molecule has 1 saturated heterocycles. The molecule has 23 heavy (non-hydrogen) atoms. The second-order valence-corrected chi connectivity index (χ2v) is 5.39. The molecule has 2 N–H and O–H groups in total. The lowest BCUT2D eigenvalue weighted by Gasteiger charge is -2.25. The first-order chi connectivity index (χ1) is 11.2. The van der Waals surface area contributed by atoms with Gasteiger partial charge in [-0.2, -0.15) is 0 Å². The molecule has 120 valence electrons. The average molecular weight is 314 g/mol. The van der Waals surface area contributed by atoms with Gasteiger partial charge in [-0.25, -0.2) is 0 Å². The number of hydrogen-bond donors (Lipinski definition) is 2. The fraction of sp³-hybridized carbons (Fsp3) is 0.294. The fourth-order valence-electron chi connectivity index (χ4n) is 2.79. The largest absolute Gasteiger partial charge is 0.507 e. The van der Waals surface area contributed by atoms with Crippen molar-refractivity contribution in [3.05, 3.63) is 48.3 Å². The molecule has 0 spiro atoms. The van der Waals surface area contributed by atoms with Crippen molar-refractivity contribution < 1.29 is 19.7 Å². The van der Waals surface area contributed by atoms with Gasteiger partial charge in [-0.05, 0) is 30.7 Å². The number of benzene rings is 1. The maximum atomic E-state index is 12.1. The van der Waals surface area contributed by atoms with Crippen LogP contribution in [0.15, 0.2) is 42.7 Å². The van der Waals surface area contributed by atoms with Crippen LogP contribution >= 0.6 is 0 Å². The Kier molecular flexibility index (Phi) is 4.43. The van der Waals surface area contributed by atoms with Gasteiger partial charge in [0.25, 0.3) is 0 Å². The zero-order chi connectivity index (χ0) is 16.2. The summed E-state index contributed by atoms with van der Waals surface area (Å²) in [6.45, 7) is -0.0188. The third kappa shape index (κ3) is 3.12.